The van der Waals surface area contributed by atoms with Gasteiger partial charge < -0.3 is 18.9 Å². The van der Waals surface area contributed by atoms with E-state index < -0.39 is 0 Å². The molecule has 0 saturated carbocycles. The van der Waals surface area contributed by atoms with E-state index in [2.05, 4.69) is 5.16 Å². The summed E-state index contributed by atoms with van der Waals surface area (Å²) in [5, 5.41) is 3.84. The van der Waals surface area contributed by atoms with E-state index in [-0.39, 0.29) is 18.4 Å². The van der Waals surface area contributed by atoms with E-state index in [0.717, 1.165) is 11.1 Å². The summed E-state index contributed by atoms with van der Waals surface area (Å²) >= 11 is 0. The fourth-order valence-electron chi connectivity index (χ4n) is 3.17. The van der Waals surface area contributed by atoms with Gasteiger partial charge in [0.1, 0.15) is 12.3 Å². The zero-order chi connectivity index (χ0) is 19.6. The van der Waals surface area contributed by atoms with Gasteiger partial charge in [0.05, 0.1) is 14.2 Å². The SMILES string of the molecule is COc1cc2c(cc1OC)CN(C(=O)CN(C(C)=O)c1cc(C)on1)CC2. The van der Waals surface area contributed by atoms with Crippen molar-refractivity contribution in [2.75, 3.05) is 32.2 Å². The molecule has 1 aromatic carbocycles. The summed E-state index contributed by atoms with van der Waals surface area (Å²) in [7, 11) is 3.19. The highest BCUT2D eigenvalue weighted by Crippen LogP contribution is 2.33. The smallest absolute Gasteiger partial charge is 0.243 e. The molecule has 2 amide bonds. The summed E-state index contributed by atoms with van der Waals surface area (Å²) in [5.41, 5.74) is 2.14. The summed E-state index contributed by atoms with van der Waals surface area (Å²) in [6.45, 7) is 4.09. The number of benzene rings is 1. The maximum absolute atomic E-state index is 12.8. The lowest BCUT2D eigenvalue weighted by Crippen LogP contribution is -2.44. The molecular weight excluding hydrogens is 350 g/mol. The molecule has 1 aromatic heterocycles. The van der Waals surface area contributed by atoms with Crippen LogP contribution in [-0.4, -0.2) is 49.2 Å². The summed E-state index contributed by atoms with van der Waals surface area (Å²) in [6, 6.07) is 5.49. The van der Waals surface area contributed by atoms with E-state index in [1.807, 2.05) is 12.1 Å². The van der Waals surface area contributed by atoms with Gasteiger partial charge in [-0.25, -0.2) is 0 Å². The zero-order valence-corrected chi connectivity index (χ0v) is 15.9. The lowest BCUT2D eigenvalue weighted by Gasteiger charge is -2.31. The van der Waals surface area contributed by atoms with Gasteiger partial charge >= 0.3 is 0 Å². The Bertz CT molecular complexity index is 861. The maximum Gasteiger partial charge on any atom is 0.243 e. The Balaban J connectivity index is 1.76. The van der Waals surface area contributed by atoms with Crippen LogP contribution in [0.25, 0.3) is 0 Å². The van der Waals surface area contributed by atoms with Crippen LogP contribution in [0.15, 0.2) is 22.7 Å². The molecule has 0 atom stereocenters. The van der Waals surface area contributed by atoms with Gasteiger partial charge in [-0.2, -0.15) is 0 Å². The number of rotatable bonds is 5. The number of carbonyl (C=O) groups is 2. The number of nitrogens with zero attached hydrogens (tertiary/aromatic N) is 3. The first-order valence-electron chi connectivity index (χ1n) is 8.66. The number of ether oxygens (including phenoxy) is 2. The molecule has 0 radical (unpaired) electrons. The highest BCUT2D eigenvalue weighted by molar-refractivity contribution is 5.96. The Morgan fingerprint density at radius 3 is 2.41 bits per heavy atom. The second-order valence-corrected chi connectivity index (χ2v) is 6.44. The number of hydrogen-bond acceptors (Lipinski definition) is 6. The van der Waals surface area contributed by atoms with Crippen molar-refractivity contribution < 1.29 is 23.6 Å². The van der Waals surface area contributed by atoms with E-state index in [0.29, 0.717) is 42.6 Å². The van der Waals surface area contributed by atoms with Gasteiger partial charge in [-0.05, 0) is 36.6 Å². The van der Waals surface area contributed by atoms with Crippen LogP contribution in [0.3, 0.4) is 0 Å². The van der Waals surface area contributed by atoms with Crippen molar-refractivity contribution in [3.05, 3.63) is 35.1 Å². The second kappa shape index (κ2) is 7.69. The standard InChI is InChI=1S/C19H23N3O5/c1-12-7-18(20-27-12)22(13(2)23)11-19(24)21-6-5-14-8-16(25-3)17(26-4)9-15(14)10-21/h7-9H,5-6,10-11H2,1-4H3. The Morgan fingerprint density at radius 2 is 1.85 bits per heavy atom. The van der Waals surface area contributed by atoms with Crippen LogP contribution >= 0.6 is 0 Å². The molecule has 0 aliphatic carbocycles. The fraction of sp³-hybridized carbons (Fsp3) is 0.421. The molecule has 0 fully saturated rings. The monoisotopic (exact) mass is 373 g/mol. The quantitative estimate of drug-likeness (QED) is 0.796. The highest BCUT2D eigenvalue weighted by Gasteiger charge is 2.26. The van der Waals surface area contributed by atoms with Crippen LogP contribution in [0.2, 0.25) is 0 Å². The first-order valence-corrected chi connectivity index (χ1v) is 8.66. The van der Waals surface area contributed by atoms with Gasteiger partial charge in [-0.1, -0.05) is 5.16 Å². The molecule has 0 bridgehead atoms. The van der Waals surface area contributed by atoms with Gasteiger partial charge in [0.25, 0.3) is 0 Å². The van der Waals surface area contributed by atoms with Crippen molar-refractivity contribution in [3.63, 3.8) is 0 Å². The molecule has 144 valence electrons. The lowest BCUT2D eigenvalue weighted by atomic mass is 9.98. The summed E-state index contributed by atoms with van der Waals surface area (Å²) in [5.74, 6) is 1.83. The normalized spacial score (nSPS) is 13.1. The third-order valence-electron chi connectivity index (χ3n) is 4.64. The minimum atomic E-state index is -0.263. The highest BCUT2D eigenvalue weighted by atomic mass is 16.5. The lowest BCUT2D eigenvalue weighted by molar-refractivity contribution is -0.132. The third kappa shape index (κ3) is 3.89. The average Bonchev–Trinajstić information content (AvgIpc) is 3.09. The predicted octanol–water partition coefficient (Wildman–Crippen LogP) is 1.94. The van der Waals surface area contributed by atoms with E-state index in [4.69, 9.17) is 14.0 Å². The molecule has 0 spiro atoms. The van der Waals surface area contributed by atoms with Gasteiger partial charge in [-0.3, -0.25) is 14.5 Å². The van der Waals surface area contributed by atoms with Crippen molar-refractivity contribution in [2.24, 2.45) is 0 Å². The van der Waals surface area contributed by atoms with Gasteiger partial charge in [0.2, 0.25) is 11.8 Å². The van der Waals surface area contributed by atoms with Crippen molar-refractivity contribution in [2.45, 2.75) is 26.8 Å². The van der Waals surface area contributed by atoms with E-state index in [1.165, 1.54) is 11.8 Å². The number of amides is 2. The van der Waals surface area contributed by atoms with Gasteiger partial charge in [-0.15, -0.1) is 0 Å². The average molecular weight is 373 g/mol. The number of methoxy groups -OCH3 is 2. The van der Waals surface area contributed by atoms with Gasteiger partial charge in [0.15, 0.2) is 17.3 Å². The Hall–Kier alpha value is -3.03. The van der Waals surface area contributed by atoms with Gasteiger partial charge in [0, 0.05) is 26.1 Å². The van der Waals surface area contributed by atoms with Crippen molar-refractivity contribution in [1.29, 1.82) is 0 Å². The predicted molar refractivity (Wildman–Crippen MR) is 97.9 cm³/mol. The Labute approximate surface area is 157 Å². The first-order chi connectivity index (χ1) is 12.9. The summed E-state index contributed by atoms with van der Waals surface area (Å²) < 4.78 is 15.7. The number of hydrogen-bond donors (Lipinski definition) is 0. The van der Waals surface area contributed by atoms with Crippen molar-refractivity contribution in [1.82, 2.24) is 10.1 Å². The topological polar surface area (TPSA) is 85.1 Å². The number of fused-ring (bicyclic) bond motifs is 1. The van der Waals surface area contributed by atoms with E-state index >= 15 is 0 Å². The van der Waals surface area contributed by atoms with Crippen LogP contribution < -0.4 is 14.4 Å². The van der Waals surface area contributed by atoms with E-state index in [9.17, 15) is 9.59 Å². The minimum Gasteiger partial charge on any atom is -0.493 e. The van der Waals surface area contributed by atoms with E-state index in [1.54, 1.807) is 32.1 Å². The molecule has 1 aliphatic heterocycles. The van der Waals surface area contributed by atoms with Crippen LogP contribution in [0.1, 0.15) is 23.8 Å². The molecule has 2 heterocycles. The second-order valence-electron chi connectivity index (χ2n) is 6.44. The largest absolute Gasteiger partial charge is 0.493 e. The molecule has 2 aromatic rings. The molecule has 3 rings (SSSR count). The Kier molecular flexibility index (Phi) is 5.34. The van der Waals surface area contributed by atoms with Crippen LogP contribution in [0, 0.1) is 6.92 Å². The molecule has 0 N–H and O–H groups in total. The fourth-order valence-corrected chi connectivity index (χ4v) is 3.17. The maximum atomic E-state index is 12.8. The van der Waals surface area contributed by atoms with Crippen LogP contribution in [0.5, 0.6) is 11.5 Å². The molecule has 0 saturated heterocycles. The number of aryl methyl sites for hydroxylation is 1. The number of carbonyl (C=O) groups excluding carboxylic acids is 2. The molecule has 0 unspecified atom stereocenters. The van der Waals surface area contributed by atoms with Crippen molar-refractivity contribution in [3.8, 4) is 11.5 Å². The number of aromatic nitrogens is 1. The Morgan fingerprint density at radius 1 is 1.19 bits per heavy atom. The van der Waals surface area contributed by atoms with Crippen molar-refractivity contribution >= 4 is 17.6 Å². The summed E-state index contributed by atoms with van der Waals surface area (Å²) in [4.78, 5) is 27.8. The van der Waals surface area contributed by atoms with Crippen LogP contribution in [0.4, 0.5) is 5.82 Å². The zero-order valence-electron chi connectivity index (χ0n) is 15.9. The summed E-state index contributed by atoms with van der Waals surface area (Å²) in [6.07, 6.45) is 0.713. The van der Waals surface area contributed by atoms with Crippen LogP contribution in [-0.2, 0) is 22.6 Å². The number of anilines is 1. The molecule has 27 heavy (non-hydrogen) atoms. The molecule has 8 heteroatoms. The molecule has 1 aliphatic rings. The molecular formula is C19H23N3O5. The minimum absolute atomic E-state index is 0.0794. The molecule has 8 nitrogen and oxygen atoms in total. The first kappa shape index (κ1) is 18.8. The third-order valence-corrected chi connectivity index (χ3v) is 4.64.